The molecule has 9 heteroatoms. The molecule has 0 saturated heterocycles. The lowest BCUT2D eigenvalue weighted by Gasteiger charge is -2.27. The fraction of sp³-hybridized carbons (Fsp3) is 0.438. The smallest absolute Gasteiger partial charge is 0.237 e. The summed E-state index contributed by atoms with van der Waals surface area (Å²) < 4.78 is 1.79. The highest BCUT2D eigenvalue weighted by Gasteiger charge is 2.31. The van der Waals surface area contributed by atoms with E-state index in [-0.39, 0.29) is 30.0 Å². The SMILES string of the molecule is C[C@@H]1CC(=O)Nc2ccccc2N1C(=O)CSc1nnnn1C1CC1. The Balaban J connectivity index is 1.54. The Kier molecular flexibility index (Phi) is 4.16. The van der Waals surface area contributed by atoms with Crippen molar-refractivity contribution in [2.45, 2.75) is 43.4 Å². The van der Waals surface area contributed by atoms with E-state index in [1.165, 1.54) is 11.8 Å². The minimum absolute atomic E-state index is 0.0632. The molecule has 1 saturated carbocycles. The first-order chi connectivity index (χ1) is 12.1. The molecule has 1 aliphatic carbocycles. The van der Waals surface area contributed by atoms with Gasteiger partial charge in [0.25, 0.3) is 0 Å². The van der Waals surface area contributed by atoms with E-state index in [4.69, 9.17) is 0 Å². The number of nitrogens with zero attached hydrogens (tertiary/aromatic N) is 5. The number of benzene rings is 1. The van der Waals surface area contributed by atoms with E-state index in [1.807, 2.05) is 31.2 Å². The highest BCUT2D eigenvalue weighted by atomic mass is 32.2. The van der Waals surface area contributed by atoms with Crippen molar-refractivity contribution in [2.75, 3.05) is 16.0 Å². The van der Waals surface area contributed by atoms with Crippen molar-refractivity contribution < 1.29 is 9.59 Å². The highest BCUT2D eigenvalue weighted by molar-refractivity contribution is 7.99. The number of carbonyl (C=O) groups is 2. The third-order valence-corrected chi connectivity index (χ3v) is 5.23. The molecule has 0 bridgehead atoms. The predicted molar refractivity (Wildman–Crippen MR) is 93.4 cm³/mol. The molecule has 0 unspecified atom stereocenters. The van der Waals surface area contributed by atoms with Gasteiger partial charge in [-0.1, -0.05) is 23.9 Å². The molecule has 130 valence electrons. The average Bonchev–Trinajstić information content (AvgIpc) is 3.34. The number of para-hydroxylation sites is 2. The fourth-order valence-electron chi connectivity index (χ4n) is 2.99. The summed E-state index contributed by atoms with van der Waals surface area (Å²) in [5.74, 6) is 0.0762. The first-order valence-corrected chi connectivity index (χ1v) is 9.23. The van der Waals surface area contributed by atoms with E-state index >= 15 is 0 Å². The Bertz CT molecular complexity index is 818. The van der Waals surface area contributed by atoms with Gasteiger partial charge in [-0.3, -0.25) is 9.59 Å². The molecule has 2 amide bonds. The predicted octanol–water partition coefficient (Wildman–Crippen LogP) is 1.86. The van der Waals surface area contributed by atoms with Crippen LogP contribution in [0, 0.1) is 0 Å². The first-order valence-electron chi connectivity index (χ1n) is 8.25. The zero-order valence-electron chi connectivity index (χ0n) is 13.8. The van der Waals surface area contributed by atoms with Gasteiger partial charge >= 0.3 is 0 Å². The molecule has 1 fully saturated rings. The first kappa shape index (κ1) is 16.1. The van der Waals surface area contributed by atoms with E-state index < -0.39 is 0 Å². The lowest BCUT2D eigenvalue weighted by molar-refractivity contribution is -0.117. The van der Waals surface area contributed by atoms with Crippen molar-refractivity contribution in [1.82, 2.24) is 20.2 Å². The van der Waals surface area contributed by atoms with E-state index in [2.05, 4.69) is 20.8 Å². The van der Waals surface area contributed by atoms with E-state index in [0.29, 0.717) is 16.9 Å². The van der Waals surface area contributed by atoms with Crippen LogP contribution >= 0.6 is 11.8 Å². The van der Waals surface area contributed by atoms with Crippen molar-refractivity contribution in [2.24, 2.45) is 0 Å². The highest BCUT2D eigenvalue weighted by Crippen LogP contribution is 2.37. The summed E-state index contributed by atoms with van der Waals surface area (Å²) in [6.07, 6.45) is 2.43. The van der Waals surface area contributed by atoms with Crippen LogP contribution in [0.3, 0.4) is 0 Å². The molecular weight excluding hydrogens is 340 g/mol. The van der Waals surface area contributed by atoms with Crippen LogP contribution in [-0.4, -0.2) is 43.8 Å². The van der Waals surface area contributed by atoms with Crippen LogP contribution < -0.4 is 10.2 Å². The van der Waals surface area contributed by atoms with Crippen molar-refractivity contribution in [3.8, 4) is 0 Å². The Hall–Kier alpha value is -2.42. The van der Waals surface area contributed by atoms with Gasteiger partial charge < -0.3 is 10.2 Å². The molecule has 0 spiro atoms. The van der Waals surface area contributed by atoms with Gasteiger partial charge in [0, 0.05) is 12.5 Å². The fourth-order valence-corrected chi connectivity index (χ4v) is 3.80. The Morgan fingerprint density at radius 1 is 1.36 bits per heavy atom. The number of nitrogens with one attached hydrogen (secondary N) is 1. The van der Waals surface area contributed by atoms with Gasteiger partial charge in [0.2, 0.25) is 17.0 Å². The van der Waals surface area contributed by atoms with Crippen molar-refractivity contribution >= 4 is 35.0 Å². The summed E-state index contributed by atoms with van der Waals surface area (Å²) in [5, 5.41) is 15.3. The number of rotatable bonds is 4. The number of fused-ring (bicyclic) bond motifs is 1. The van der Waals surface area contributed by atoms with Gasteiger partial charge in [-0.2, -0.15) is 0 Å². The van der Waals surface area contributed by atoms with Crippen LogP contribution in [0.4, 0.5) is 11.4 Å². The van der Waals surface area contributed by atoms with Crippen LogP contribution in [0.2, 0.25) is 0 Å². The summed E-state index contributed by atoms with van der Waals surface area (Å²) in [6.45, 7) is 1.89. The minimum Gasteiger partial charge on any atom is -0.324 e. The maximum Gasteiger partial charge on any atom is 0.237 e. The largest absolute Gasteiger partial charge is 0.324 e. The molecule has 2 heterocycles. The summed E-state index contributed by atoms with van der Waals surface area (Å²) in [4.78, 5) is 26.6. The van der Waals surface area contributed by atoms with E-state index in [0.717, 1.165) is 18.5 Å². The van der Waals surface area contributed by atoms with Gasteiger partial charge in [-0.05, 0) is 42.3 Å². The second-order valence-electron chi connectivity index (χ2n) is 6.31. The lowest BCUT2D eigenvalue weighted by Crippen LogP contribution is -2.40. The zero-order chi connectivity index (χ0) is 17.4. The standard InChI is InChI=1S/C16H18N6O2S/c1-10-8-14(23)17-12-4-2-3-5-13(12)21(10)15(24)9-25-16-18-19-20-22(16)11-6-7-11/h2-5,10-11H,6-9H2,1H3,(H,17,23)/t10-/m1/s1. The second-order valence-corrected chi connectivity index (χ2v) is 7.25. The zero-order valence-corrected chi connectivity index (χ0v) is 14.6. The minimum atomic E-state index is -0.212. The second kappa shape index (κ2) is 6.47. The van der Waals surface area contributed by atoms with E-state index in [1.54, 1.807) is 9.58 Å². The summed E-state index contributed by atoms with van der Waals surface area (Å²) in [7, 11) is 0. The van der Waals surface area contributed by atoms with Gasteiger partial charge in [-0.25, -0.2) is 4.68 Å². The van der Waals surface area contributed by atoms with Crippen LogP contribution in [0.25, 0.3) is 0 Å². The van der Waals surface area contributed by atoms with Crippen LogP contribution in [-0.2, 0) is 9.59 Å². The molecule has 1 N–H and O–H groups in total. The molecule has 25 heavy (non-hydrogen) atoms. The van der Waals surface area contributed by atoms with E-state index in [9.17, 15) is 9.59 Å². The third kappa shape index (κ3) is 3.23. The van der Waals surface area contributed by atoms with Crippen molar-refractivity contribution in [1.29, 1.82) is 0 Å². The Morgan fingerprint density at radius 3 is 2.96 bits per heavy atom. The number of amides is 2. The summed E-state index contributed by atoms with van der Waals surface area (Å²) in [5.41, 5.74) is 1.39. The number of tetrazole rings is 1. The van der Waals surface area contributed by atoms with Crippen molar-refractivity contribution in [3.63, 3.8) is 0 Å². The number of carbonyl (C=O) groups excluding carboxylic acids is 2. The summed E-state index contributed by atoms with van der Waals surface area (Å²) in [6, 6.07) is 7.53. The number of aromatic nitrogens is 4. The maximum atomic E-state index is 12.9. The normalized spacial score (nSPS) is 20.0. The number of hydrogen-bond acceptors (Lipinski definition) is 6. The molecule has 2 aromatic rings. The monoisotopic (exact) mass is 358 g/mol. The van der Waals surface area contributed by atoms with Gasteiger partial charge in [0.1, 0.15) is 0 Å². The Labute approximate surface area is 149 Å². The van der Waals surface area contributed by atoms with Crippen LogP contribution in [0.5, 0.6) is 0 Å². The molecule has 1 aromatic carbocycles. The molecular formula is C16H18N6O2S. The molecule has 0 radical (unpaired) electrons. The quantitative estimate of drug-likeness (QED) is 0.839. The molecule has 1 aromatic heterocycles. The maximum absolute atomic E-state index is 12.9. The van der Waals surface area contributed by atoms with Crippen LogP contribution in [0.15, 0.2) is 29.4 Å². The number of hydrogen-bond donors (Lipinski definition) is 1. The molecule has 2 aliphatic rings. The van der Waals surface area contributed by atoms with Gasteiger partial charge in [0.15, 0.2) is 0 Å². The molecule has 4 rings (SSSR count). The van der Waals surface area contributed by atoms with Gasteiger partial charge in [0.05, 0.1) is 23.2 Å². The molecule has 1 atom stereocenters. The third-order valence-electron chi connectivity index (χ3n) is 4.31. The van der Waals surface area contributed by atoms with Crippen LogP contribution in [0.1, 0.15) is 32.2 Å². The number of anilines is 2. The number of thioether (sulfide) groups is 1. The average molecular weight is 358 g/mol. The molecule has 8 nitrogen and oxygen atoms in total. The Morgan fingerprint density at radius 2 is 2.16 bits per heavy atom. The molecule has 1 aliphatic heterocycles. The van der Waals surface area contributed by atoms with Gasteiger partial charge in [-0.15, -0.1) is 5.10 Å². The summed E-state index contributed by atoms with van der Waals surface area (Å²) >= 11 is 1.34. The lowest BCUT2D eigenvalue weighted by atomic mass is 10.2. The topological polar surface area (TPSA) is 93.0 Å². The van der Waals surface area contributed by atoms with Crippen molar-refractivity contribution in [3.05, 3.63) is 24.3 Å².